The van der Waals surface area contributed by atoms with Crippen LogP contribution in [-0.4, -0.2) is 53.1 Å². The predicted molar refractivity (Wildman–Crippen MR) is 74.6 cm³/mol. The van der Waals surface area contributed by atoms with Crippen molar-refractivity contribution in [1.82, 2.24) is 9.80 Å². The highest BCUT2D eigenvalue weighted by Gasteiger charge is 2.26. The van der Waals surface area contributed by atoms with E-state index in [1.54, 1.807) is 11.0 Å². The molecule has 1 heterocycles. The minimum atomic E-state index is -0.986. The van der Waals surface area contributed by atoms with Crippen molar-refractivity contribution in [1.29, 1.82) is 0 Å². The van der Waals surface area contributed by atoms with Crippen molar-refractivity contribution in [3.8, 4) is 0 Å². The number of halogens is 2. The molecule has 0 radical (unpaired) electrons. The Balaban J connectivity index is 1.98. The van der Waals surface area contributed by atoms with Gasteiger partial charge in [-0.05, 0) is 31.5 Å². The molecule has 1 aliphatic rings. The van der Waals surface area contributed by atoms with Crippen LogP contribution in [0.25, 0.3) is 0 Å². The fourth-order valence-electron chi connectivity index (χ4n) is 2.58. The van der Waals surface area contributed by atoms with Crippen LogP contribution in [0.15, 0.2) is 18.2 Å². The van der Waals surface area contributed by atoms with Crippen molar-refractivity contribution in [2.24, 2.45) is 0 Å². The number of benzene rings is 1. The SMILES string of the molecule is CC(O)C(=O)N1CCN(C(C)c2ccc(F)c(F)c2)CC1. The van der Waals surface area contributed by atoms with Gasteiger partial charge in [-0.25, -0.2) is 8.78 Å². The van der Waals surface area contributed by atoms with Crippen molar-refractivity contribution in [3.63, 3.8) is 0 Å². The zero-order valence-corrected chi connectivity index (χ0v) is 12.2. The summed E-state index contributed by atoms with van der Waals surface area (Å²) in [5, 5.41) is 9.30. The van der Waals surface area contributed by atoms with Gasteiger partial charge in [0.25, 0.3) is 5.91 Å². The van der Waals surface area contributed by atoms with Gasteiger partial charge in [-0.2, -0.15) is 0 Å². The largest absolute Gasteiger partial charge is 0.384 e. The van der Waals surface area contributed by atoms with Crippen LogP contribution in [0.5, 0.6) is 0 Å². The van der Waals surface area contributed by atoms with E-state index in [9.17, 15) is 18.7 Å². The van der Waals surface area contributed by atoms with Crippen molar-refractivity contribution >= 4 is 5.91 Å². The van der Waals surface area contributed by atoms with Crippen LogP contribution in [0.3, 0.4) is 0 Å². The van der Waals surface area contributed by atoms with E-state index in [4.69, 9.17) is 0 Å². The first-order valence-corrected chi connectivity index (χ1v) is 7.06. The Morgan fingerprint density at radius 3 is 2.29 bits per heavy atom. The second kappa shape index (κ2) is 6.49. The first-order chi connectivity index (χ1) is 9.90. The molecule has 6 heteroatoms. The number of hydrogen-bond acceptors (Lipinski definition) is 3. The van der Waals surface area contributed by atoms with Gasteiger partial charge in [0, 0.05) is 32.2 Å². The number of hydrogen-bond donors (Lipinski definition) is 1. The summed E-state index contributed by atoms with van der Waals surface area (Å²) in [5.74, 6) is -1.96. The molecule has 0 saturated carbocycles. The second-order valence-electron chi connectivity index (χ2n) is 5.39. The lowest BCUT2D eigenvalue weighted by atomic mass is 10.1. The number of amides is 1. The first-order valence-electron chi connectivity index (χ1n) is 7.06. The smallest absolute Gasteiger partial charge is 0.251 e. The number of aliphatic hydroxyl groups excluding tert-OH is 1. The summed E-state index contributed by atoms with van der Waals surface area (Å²) in [6.07, 6.45) is -0.986. The average Bonchev–Trinajstić information content (AvgIpc) is 2.48. The summed E-state index contributed by atoms with van der Waals surface area (Å²) in [4.78, 5) is 15.4. The number of piperazine rings is 1. The van der Waals surface area contributed by atoms with Crippen LogP contribution in [0, 0.1) is 11.6 Å². The maximum atomic E-state index is 13.3. The molecule has 0 aliphatic carbocycles. The van der Waals surface area contributed by atoms with E-state index < -0.39 is 17.7 Å². The van der Waals surface area contributed by atoms with Gasteiger partial charge in [0.05, 0.1) is 0 Å². The standard InChI is InChI=1S/C15H20F2N2O2/c1-10(12-3-4-13(16)14(17)9-12)18-5-7-19(8-6-18)15(21)11(2)20/h3-4,9-11,20H,5-8H2,1-2H3. The Kier molecular flexibility index (Phi) is 4.90. The van der Waals surface area contributed by atoms with Crippen LogP contribution >= 0.6 is 0 Å². The molecule has 0 aromatic heterocycles. The van der Waals surface area contributed by atoms with Gasteiger partial charge in [0.1, 0.15) is 6.10 Å². The van der Waals surface area contributed by atoms with E-state index in [2.05, 4.69) is 4.90 Å². The van der Waals surface area contributed by atoms with Crippen molar-refractivity contribution in [2.75, 3.05) is 26.2 Å². The van der Waals surface area contributed by atoms with Gasteiger partial charge >= 0.3 is 0 Å². The number of nitrogens with zero attached hydrogens (tertiary/aromatic N) is 2. The summed E-state index contributed by atoms with van der Waals surface area (Å²) >= 11 is 0. The Morgan fingerprint density at radius 2 is 1.76 bits per heavy atom. The summed E-state index contributed by atoms with van der Waals surface area (Å²) in [7, 11) is 0. The summed E-state index contributed by atoms with van der Waals surface area (Å²) in [6, 6.07) is 3.88. The van der Waals surface area contributed by atoms with Gasteiger partial charge in [0.2, 0.25) is 0 Å². The minimum absolute atomic E-state index is 0.0519. The van der Waals surface area contributed by atoms with E-state index in [0.29, 0.717) is 31.7 Å². The highest BCUT2D eigenvalue weighted by atomic mass is 19.2. The lowest BCUT2D eigenvalue weighted by molar-refractivity contribution is -0.141. The third-order valence-electron chi connectivity index (χ3n) is 3.96. The minimum Gasteiger partial charge on any atom is -0.384 e. The highest BCUT2D eigenvalue weighted by molar-refractivity contribution is 5.80. The maximum Gasteiger partial charge on any atom is 0.251 e. The predicted octanol–water partition coefficient (Wildman–Crippen LogP) is 1.55. The monoisotopic (exact) mass is 298 g/mol. The van der Waals surface area contributed by atoms with Gasteiger partial charge in [-0.3, -0.25) is 9.69 Å². The first kappa shape index (κ1) is 15.9. The number of aliphatic hydroxyl groups is 1. The number of carbonyl (C=O) groups is 1. The molecule has 2 rings (SSSR count). The zero-order valence-electron chi connectivity index (χ0n) is 12.2. The molecule has 4 nitrogen and oxygen atoms in total. The van der Waals surface area contributed by atoms with Crippen LogP contribution in [0.4, 0.5) is 8.78 Å². The van der Waals surface area contributed by atoms with Gasteiger partial charge < -0.3 is 10.0 Å². The molecule has 0 spiro atoms. The van der Waals surface area contributed by atoms with Gasteiger partial charge in [-0.15, -0.1) is 0 Å². The number of rotatable bonds is 3. The quantitative estimate of drug-likeness (QED) is 0.921. The van der Waals surface area contributed by atoms with Crippen molar-refractivity contribution < 1.29 is 18.7 Å². The Hall–Kier alpha value is -1.53. The molecule has 0 bridgehead atoms. The molecule has 1 fully saturated rings. The fraction of sp³-hybridized carbons (Fsp3) is 0.533. The van der Waals surface area contributed by atoms with E-state index in [0.717, 1.165) is 6.07 Å². The topological polar surface area (TPSA) is 43.8 Å². The van der Waals surface area contributed by atoms with Gasteiger partial charge in [-0.1, -0.05) is 6.07 Å². The molecule has 2 unspecified atom stereocenters. The van der Waals surface area contributed by atoms with Crippen LogP contribution in [0.1, 0.15) is 25.5 Å². The molecule has 1 aromatic rings. The molecule has 1 N–H and O–H groups in total. The zero-order chi connectivity index (χ0) is 15.6. The third kappa shape index (κ3) is 3.57. The molecule has 1 aromatic carbocycles. The van der Waals surface area contributed by atoms with Crippen LogP contribution < -0.4 is 0 Å². The van der Waals surface area contributed by atoms with Crippen LogP contribution in [-0.2, 0) is 4.79 Å². The van der Waals surface area contributed by atoms with Gasteiger partial charge in [0.15, 0.2) is 11.6 Å². The Labute approximate surface area is 123 Å². The average molecular weight is 298 g/mol. The molecule has 1 saturated heterocycles. The lowest BCUT2D eigenvalue weighted by Crippen LogP contribution is -2.51. The van der Waals surface area contributed by atoms with E-state index in [1.165, 1.54) is 13.0 Å². The molecular weight excluding hydrogens is 278 g/mol. The Bertz CT molecular complexity index is 514. The molecule has 21 heavy (non-hydrogen) atoms. The van der Waals surface area contributed by atoms with E-state index in [1.807, 2.05) is 6.92 Å². The fourth-order valence-corrected chi connectivity index (χ4v) is 2.58. The van der Waals surface area contributed by atoms with E-state index >= 15 is 0 Å². The second-order valence-corrected chi connectivity index (χ2v) is 5.39. The number of carbonyl (C=O) groups excluding carboxylic acids is 1. The lowest BCUT2D eigenvalue weighted by Gasteiger charge is -2.38. The van der Waals surface area contributed by atoms with Crippen LogP contribution in [0.2, 0.25) is 0 Å². The molecule has 1 aliphatic heterocycles. The summed E-state index contributed by atoms with van der Waals surface area (Å²) < 4.78 is 26.3. The molecule has 1 amide bonds. The summed E-state index contributed by atoms with van der Waals surface area (Å²) in [6.45, 7) is 5.71. The van der Waals surface area contributed by atoms with Crippen molar-refractivity contribution in [3.05, 3.63) is 35.4 Å². The maximum absolute atomic E-state index is 13.3. The summed E-state index contributed by atoms with van der Waals surface area (Å²) in [5.41, 5.74) is 0.712. The molecule has 116 valence electrons. The molecule has 2 atom stereocenters. The molecular formula is C15H20F2N2O2. The third-order valence-corrected chi connectivity index (χ3v) is 3.96. The van der Waals surface area contributed by atoms with E-state index in [-0.39, 0.29) is 11.9 Å². The normalized spacial score (nSPS) is 19.4. The van der Waals surface area contributed by atoms with Crippen molar-refractivity contribution in [2.45, 2.75) is 26.0 Å². The highest BCUT2D eigenvalue weighted by Crippen LogP contribution is 2.23. The Morgan fingerprint density at radius 1 is 1.14 bits per heavy atom.